The Balaban J connectivity index is 0.950. The van der Waals surface area contributed by atoms with Crippen molar-refractivity contribution in [1.29, 1.82) is 0 Å². The van der Waals surface area contributed by atoms with Gasteiger partial charge in [-0.2, -0.15) is 0 Å². The second-order valence-electron chi connectivity index (χ2n) is 14.6. The van der Waals surface area contributed by atoms with E-state index in [0.717, 1.165) is 77.8 Å². The highest BCUT2D eigenvalue weighted by molar-refractivity contribution is 6.14. The summed E-state index contributed by atoms with van der Waals surface area (Å²) >= 11 is 0. The number of furan rings is 2. The fraction of sp³-hybridized carbons (Fsp3) is 0. The van der Waals surface area contributed by atoms with Crippen LogP contribution in [0.2, 0.25) is 0 Å². The fourth-order valence-corrected chi connectivity index (χ4v) is 8.69. The van der Waals surface area contributed by atoms with Crippen LogP contribution in [0.15, 0.2) is 203 Å². The molecule has 12 aromatic rings. The number of fused-ring (bicyclic) bond motifs is 10. The van der Waals surface area contributed by atoms with E-state index in [4.69, 9.17) is 8.83 Å². The molecule has 0 saturated carbocycles. The molecular weight excluding hydrogens is 685 g/mol. The van der Waals surface area contributed by atoms with Gasteiger partial charge < -0.3 is 18.3 Å². The maximum Gasteiger partial charge on any atom is 0.137 e. The maximum atomic E-state index is 6.37. The minimum atomic E-state index is 0.858. The van der Waals surface area contributed by atoms with E-state index >= 15 is 0 Å². The summed E-state index contributed by atoms with van der Waals surface area (Å²) < 4.78 is 15.0. The van der Waals surface area contributed by atoms with Gasteiger partial charge in [0.1, 0.15) is 22.3 Å². The Hall–Kier alpha value is -7.56. The molecule has 3 aromatic heterocycles. The molecule has 9 aromatic carbocycles. The molecule has 0 aliphatic carbocycles. The molecular formula is C52H32N2O2. The van der Waals surface area contributed by atoms with Crippen molar-refractivity contribution in [3.63, 3.8) is 0 Å². The zero-order valence-corrected chi connectivity index (χ0v) is 30.2. The zero-order chi connectivity index (χ0) is 36.7. The van der Waals surface area contributed by atoms with Crippen LogP contribution < -0.4 is 4.90 Å². The van der Waals surface area contributed by atoms with Crippen molar-refractivity contribution in [1.82, 2.24) is 4.57 Å². The molecule has 0 fully saturated rings. The van der Waals surface area contributed by atoms with Crippen molar-refractivity contribution in [2.45, 2.75) is 0 Å². The van der Waals surface area contributed by atoms with Gasteiger partial charge in [0.25, 0.3) is 0 Å². The Morgan fingerprint density at radius 2 is 0.857 bits per heavy atom. The Morgan fingerprint density at radius 3 is 1.62 bits per heavy atom. The van der Waals surface area contributed by atoms with Gasteiger partial charge in [0.2, 0.25) is 0 Å². The summed E-state index contributed by atoms with van der Waals surface area (Å²) in [5, 5.41) is 9.44. The normalized spacial score (nSPS) is 11.9. The molecule has 0 unspecified atom stereocenters. The van der Waals surface area contributed by atoms with Gasteiger partial charge in [-0.05, 0) is 107 Å². The molecule has 56 heavy (non-hydrogen) atoms. The Kier molecular flexibility index (Phi) is 6.60. The summed E-state index contributed by atoms with van der Waals surface area (Å²) in [5.74, 6) is 0. The quantitative estimate of drug-likeness (QED) is 0.178. The van der Waals surface area contributed by atoms with Crippen LogP contribution in [0.3, 0.4) is 0 Å². The standard InChI is InChI=1S/C52H32N2O2/c1-2-10-36-30-48-45(29-35(36)9-1)41-11-3-6-14-47(41)54(48)38-23-19-34(20-24-38)33-17-21-37(22-18-33)53(39-26-28-51-46(31-39)43-13-5-8-16-50(43)55-51)40-25-27-44-42-12-4-7-15-49(42)56-52(44)32-40/h1-32H. The molecule has 0 atom stereocenters. The summed E-state index contributed by atoms with van der Waals surface area (Å²) in [7, 11) is 0. The van der Waals surface area contributed by atoms with Gasteiger partial charge in [0.05, 0.1) is 11.0 Å². The van der Waals surface area contributed by atoms with Crippen LogP contribution in [-0.2, 0) is 0 Å². The Labute approximate surface area is 321 Å². The first-order valence-corrected chi connectivity index (χ1v) is 19.0. The number of anilines is 3. The van der Waals surface area contributed by atoms with E-state index in [2.05, 4.69) is 179 Å². The molecule has 12 rings (SSSR count). The predicted molar refractivity (Wildman–Crippen MR) is 233 cm³/mol. The number of para-hydroxylation sites is 3. The van der Waals surface area contributed by atoms with E-state index in [1.54, 1.807) is 0 Å². The molecule has 0 spiro atoms. The van der Waals surface area contributed by atoms with Crippen LogP contribution in [0.4, 0.5) is 17.1 Å². The average molecular weight is 717 g/mol. The molecule has 3 heterocycles. The van der Waals surface area contributed by atoms with E-state index in [1.807, 2.05) is 24.3 Å². The van der Waals surface area contributed by atoms with Crippen molar-refractivity contribution in [2.24, 2.45) is 0 Å². The lowest BCUT2D eigenvalue weighted by Gasteiger charge is -2.25. The lowest BCUT2D eigenvalue weighted by Crippen LogP contribution is -2.09. The van der Waals surface area contributed by atoms with Gasteiger partial charge >= 0.3 is 0 Å². The average Bonchev–Trinajstić information content (AvgIpc) is 3.92. The van der Waals surface area contributed by atoms with E-state index in [9.17, 15) is 0 Å². The van der Waals surface area contributed by atoms with E-state index in [1.165, 1.54) is 32.6 Å². The predicted octanol–water partition coefficient (Wildman–Crippen LogP) is 14.9. The minimum Gasteiger partial charge on any atom is -0.456 e. The molecule has 4 nitrogen and oxygen atoms in total. The maximum absolute atomic E-state index is 6.37. The summed E-state index contributed by atoms with van der Waals surface area (Å²) in [6, 6.07) is 69.2. The SMILES string of the molecule is c1ccc2cc3c(cc2c1)c1ccccc1n3-c1ccc(-c2ccc(N(c3ccc4c(c3)oc3ccccc34)c3ccc4oc5ccccc5c4c3)cc2)cc1. The van der Waals surface area contributed by atoms with Gasteiger partial charge in [-0.15, -0.1) is 0 Å². The first kappa shape index (κ1) is 30.9. The topological polar surface area (TPSA) is 34.5 Å². The van der Waals surface area contributed by atoms with Crippen molar-refractivity contribution >= 4 is 93.5 Å². The number of benzene rings is 9. The van der Waals surface area contributed by atoms with Gasteiger partial charge in [-0.1, -0.05) is 103 Å². The zero-order valence-electron chi connectivity index (χ0n) is 30.2. The lowest BCUT2D eigenvalue weighted by atomic mass is 10.0. The molecule has 0 saturated heterocycles. The lowest BCUT2D eigenvalue weighted by molar-refractivity contribution is 0.668. The van der Waals surface area contributed by atoms with Crippen molar-refractivity contribution in [2.75, 3.05) is 4.90 Å². The van der Waals surface area contributed by atoms with Crippen LogP contribution in [0.1, 0.15) is 0 Å². The van der Waals surface area contributed by atoms with Gasteiger partial charge in [-0.25, -0.2) is 0 Å². The highest BCUT2D eigenvalue weighted by Crippen LogP contribution is 2.42. The van der Waals surface area contributed by atoms with Crippen molar-refractivity contribution < 1.29 is 8.83 Å². The molecule has 262 valence electrons. The molecule has 0 N–H and O–H groups in total. The number of hydrogen-bond acceptors (Lipinski definition) is 3. The first-order chi connectivity index (χ1) is 27.7. The van der Waals surface area contributed by atoms with E-state index in [-0.39, 0.29) is 0 Å². The third-order valence-corrected chi connectivity index (χ3v) is 11.4. The second-order valence-corrected chi connectivity index (χ2v) is 14.6. The molecule has 0 aliphatic rings. The second kappa shape index (κ2) is 12.0. The third-order valence-electron chi connectivity index (χ3n) is 11.4. The largest absolute Gasteiger partial charge is 0.456 e. The highest BCUT2D eigenvalue weighted by Gasteiger charge is 2.18. The van der Waals surface area contributed by atoms with E-state index in [0.29, 0.717) is 0 Å². The monoisotopic (exact) mass is 716 g/mol. The van der Waals surface area contributed by atoms with Gasteiger partial charge in [0.15, 0.2) is 0 Å². The highest BCUT2D eigenvalue weighted by atomic mass is 16.3. The molecule has 0 bridgehead atoms. The van der Waals surface area contributed by atoms with Gasteiger partial charge in [-0.3, -0.25) is 0 Å². The number of hydrogen-bond donors (Lipinski definition) is 0. The van der Waals surface area contributed by atoms with Gasteiger partial charge in [0, 0.05) is 61.1 Å². The smallest absolute Gasteiger partial charge is 0.137 e. The summed E-state index contributed by atoms with van der Waals surface area (Å²) in [6.45, 7) is 0. The van der Waals surface area contributed by atoms with Crippen LogP contribution in [0.5, 0.6) is 0 Å². The van der Waals surface area contributed by atoms with Crippen molar-refractivity contribution in [3.05, 3.63) is 194 Å². The van der Waals surface area contributed by atoms with Crippen LogP contribution >= 0.6 is 0 Å². The summed E-state index contributed by atoms with van der Waals surface area (Å²) in [6.07, 6.45) is 0. The summed E-state index contributed by atoms with van der Waals surface area (Å²) in [5.41, 5.74) is 12.5. The van der Waals surface area contributed by atoms with E-state index < -0.39 is 0 Å². The minimum absolute atomic E-state index is 0.858. The molecule has 0 radical (unpaired) electrons. The Morgan fingerprint density at radius 1 is 0.321 bits per heavy atom. The first-order valence-electron chi connectivity index (χ1n) is 19.0. The number of rotatable bonds is 5. The Bertz CT molecular complexity index is 3480. The number of nitrogens with zero attached hydrogens (tertiary/aromatic N) is 2. The number of aromatic nitrogens is 1. The van der Waals surface area contributed by atoms with Crippen LogP contribution in [-0.4, -0.2) is 4.57 Å². The molecule has 4 heteroatoms. The molecule has 0 aliphatic heterocycles. The van der Waals surface area contributed by atoms with Crippen LogP contribution in [0.25, 0.3) is 93.3 Å². The summed E-state index contributed by atoms with van der Waals surface area (Å²) in [4.78, 5) is 2.30. The van der Waals surface area contributed by atoms with Crippen LogP contribution in [0, 0.1) is 0 Å². The van der Waals surface area contributed by atoms with Crippen molar-refractivity contribution in [3.8, 4) is 16.8 Å². The third kappa shape index (κ3) is 4.73. The molecule has 0 amide bonds. The fourth-order valence-electron chi connectivity index (χ4n) is 8.69.